The molecular weight excluding hydrogens is 330 g/mol. The fourth-order valence-corrected chi connectivity index (χ4v) is 2.74. The molecule has 0 amide bonds. The van der Waals surface area contributed by atoms with Crippen molar-refractivity contribution in [3.63, 3.8) is 0 Å². The topological polar surface area (TPSA) is 32.7 Å². The fourth-order valence-electron chi connectivity index (χ4n) is 2.19. The Balaban J connectivity index is 1.97. The van der Waals surface area contributed by atoms with Crippen molar-refractivity contribution in [2.24, 2.45) is 0 Å². The summed E-state index contributed by atoms with van der Waals surface area (Å²) in [6, 6.07) is 15.7. The molecule has 0 fully saturated rings. The van der Waals surface area contributed by atoms with Crippen LogP contribution in [0, 0.1) is 0 Å². The average molecular weight is 350 g/mol. The van der Waals surface area contributed by atoms with Gasteiger partial charge in [0.1, 0.15) is 5.75 Å². The first-order chi connectivity index (χ1) is 10.1. The molecule has 1 unspecified atom stereocenters. The lowest BCUT2D eigenvalue weighted by molar-refractivity contribution is 0.169. The van der Waals surface area contributed by atoms with Crippen LogP contribution in [-0.4, -0.2) is 25.8 Å². The van der Waals surface area contributed by atoms with E-state index in [9.17, 15) is 5.11 Å². The van der Waals surface area contributed by atoms with E-state index in [0.717, 1.165) is 28.0 Å². The van der Waals surface area contributed by atoms with E-state index in [1.54, 1.807) is 7.11 Å². The van der Waals surface area contributed by atoms with Gasteiger partial charge in [0.15, 0.2) is 0 Å². The van der Waals surface area contributed by atoms with Crippen molar-refractivity contribution in [1.82, 2.24) is 0 Å². The zero-order valence-corrected chi connectivity index (χ0v) is 13.9. The van der Waals surface area contributed by atoms with Gasteiger partial charge in [-0.05, 0) is 30.2 Å². The lowest BCUT2D eigenvalue weighted by atomic mass is 10.1. The summed E-state index contributed by atoms with van der Waals surface area (Å²) in [6.45, 7) is 0.760. The van der Waals surface area contributed by atoms with E-state index in [1.807, 2.05) is 55.6 Å². The van der Waals surface area contributed by atoms with Gasteiger partial charge in [0, 0.05) is 29.8 Å². The summed E-state index contributed by atoms with van der Waals surface area (Å²) in [5.74, 6) is 0.839. The first kappa shape index (κ1) is 15.9. The Bertz CT molecular complexity index is 589. The summed E-state index contributed by atoms with van der Waals surface area (Å²) >= 11 is 3.48. The zero-order chi connectivity index (χ0) is 15.2. The number of nitrogens with zero attached hydrogens (tertiary/aromatic N) is 1. The molecule has 0 aliphatic rings. The molecule has 3 nitrogen and oxygen atoms in total. The predicted octanol–water partition coefficient (Wildman–Crippen LogP) is 4.02. The summed E-state index contributed by atoms with van der Waals surface area (Å²) in [5, 5.41) is 10.3. The third kappa shape index (κ3) is 4.22. The molecule has 0 heterocycles. The van der Waals surface area contributed by atoms with Crippen LogP contribution in [0.1, 0.15) is 18.1 Å². The Morgan fingerprint density at radius 2 is 1.95 bits per heavy atom. The van der Waals surface area contributed by atoms with Gasteiger partial charge < -0.3 is 14.7 Å². The highest BCUT2D eigenvalue weighted by Crippen LogP contribution is 2.26. The monoisotopic (exact) mass is 349 g/mol. The normalized spacial score (nSPS) is 12.0. The maximum atomic E-state index is 10.3. The second kappa shape index (κ2) is 7.48. The Morgan fingerprint density at radius 1 is 1.19 bits per heavy atom. The van der Waals surface area contributed by atoms with Crippen molar-refractivity contribution in [2.75, 3.05) is 25.6 Å². The highest BCUT2D eigenvalue weighted by atomic mass is 79.9. The van der Waals surface area contributed by atoms with Crippen molar-refractivity contribution in [3.05, 3.63) is 58.6 Å². The van der Waals surface area contributed by atoms with Gasteiger partial charge in [-0.1, -0.05) is 40.2 Å². The fraction of sp³-hybridized carbons (Fsp3) is 0.294. The van der Waals surface area contributed by atoms with E-state index in [-0.39, 0.29) is 0 Å². The number of aliphatic hydroxyl groups excluding tert-OH is 1. The third-order valence-electron chi connectivity index (χ3n) is 3.50. The average Bonchev–Trinajstić information content (AvgIpc) is 2.52. The van der Waals surface area contributed by atoms with E-state index >= 15 is 0 Å². The molecule has 0 radical (unpaired) electrons. The standard InChI is InChI=1S/C17H20BrNO2/c1-19(13-6-5-7-14(12-13)21-2)11-10-17(20)15-8-3-4-9-16(15)18/h3-9,12,17,20H,10-11H2,1-2H3. The van der Waals surface area contributed by atoms with E-state index in [4.69, 9.17) is 4.74 Å². The first-order valence-electron chi connectivity index (χ1n) is 6.89. The summed E-state index contributed by atoms with van der Waals surface area (Å²) in [4.78, 5) is 2.11. The SMILES string of the molecule is COc1cccc(N(C)CCC(O)c2ccccc2Br)c1. The second-order valence-electron chi connectivity index (χ2n) is 4.95. The highest BCUT2D eigenvalue weighted by molar-refractivity contribution is 9.10. The molecule has 112 valence electrons. The van der Waals surface area contributed by atoms with Gasteiger partial charge in [0.05, 0.1) is 13.2 Å². The molecule has 0 saturated heterocycles. The molecule has 2 aromatic carbocycles. The maximum Gasteiger partial charge on any atom is 0.120 e. The molecule has 0 aromatic heterocycles. The lowest BCUT2D eigenvalue weighted by Crippen LogP contribution is -2.20. The van der Waals surface area contributed by atoms with Crippen LogP contribution in [0.15, 0.2) is 53.0 Å². The second-order valence-corrected chi connectivity index (χ2v) is 5.80. The molecule has 0 spiro atoms. The van der Waals surface area contributed by atoms with Gasteiger partial charge >= 0.3 is 0 Å². The molecule has 0 aliphatic heterocycles. The van der Waals surface area contributed by atoms with Crippen LogP contribution >= 0.6 is 15.9 Å². The minimum atomic E-state index is -0.478. The Labute approximate surface area is 134 Å². The van der Waals surface area contributed by atoms with Crippen molar-refractivity contribution in [2.45, 2.75) is 12.5 Å². The van der Waals surface area contributed by atoms with E-state index in [2.05, 4.69) is 20.8 Å². The number of rotatable bonds is 6. The number of anilines is 1. The van der Waals surface area contributed by atoms with E-state index in [1.165, 1.54) is 0 Å². The molecule has 2 aromatic rings. The minimum Gasteiger partial charge on any atom is -0.497 e. The van der Waals surface area contributed by atoms with Crippen molar-refractivity contribution < 1.29 is 9.84 Å². The molecule has 21 heavy (non-hydrogen) atoms. The van der Waals surface area contributed by atoms with Crippen molar-refractivity contribution >= 4 is 21.6 Å². The van der Waals surface area contributed by atoms with Gasteiger partial charge in [-0.3, -0.25) is 0 Å². The van der Waals surface area contributed by atoms with E-state index in [0.29, 0.717) is 6.42 Å². The summed E-state index contributed by atoms with van der Waals surface area (Å²) in [6.07, 6.45) is 0.185. The number of hydrogen-bond acceptors (Lipinski definition) is 3. The number of aliphatic hydroxyl groups is 1. The smallest absolute Gasteiger partial charge is 0.120 e. The molecule has 4 heteroatoms. The largest absolute Gasteiger partial charge is 0.497 e. The number of halogens is 1. The number of benzene rings is 2. The molecule has 0 saturated carbocycles. The Kier molecular flexibility index (Phi) is 5.65. The number of ether oxygens (including phenoxy) is 1. The molecule has 1 atom stereocenters. The van der Waals surface area contributed by atoms with Crippen molar-refractivity contribution in [3.8, 4) is 5.75 Å². The third-order valence-corrected chi connectivity index (χ3v) is 4.22. The minimum absolute atomic E-state index is 0.478. The summed E-state index contributed by atoms with van der Waals surface area (Å²) in [7, 11) is 3.68. The zero-order valence-electron chi connectivity index (χ0n) is 12.3. The molecule has 0 bridgehead atoms. The summed E-state index contributed by atoms with van der Waals surface area (Å²) < 4.78 is 6.18. The predicted molar refractivity (Wildman–Crippen MR) is 90.0 cm³/mol. The molecule has 1 N–H and O–H groups in total. The van der Waals surface area contributed by atoms with Crippen LogP contribution in [0.4, 0.5) is 5.69 Å². The molecule has 2 rings (SSSR count). The van der Waals surface area contributed by atoms with Gasteiger partial charge in [0.25, 0.3) is 0 Å². The van der Waals surface area contributed by atoms with Gasteiger partial charge in [-0.15, -0.1) is 0 Å². The molecule has 0 aliphatic carbocycles. The van der Waals surface area contributed by atoms with Gasteiger partial charge in [-0.25, -0.2) is 0 Å². The van der Waals surface area contributed by atoms with Crippen LogP contribution in [-0.2, 0) is 0 Å². The van der Waals surface area contributed by atoms with Crippen LogP contribution in [0.5, 0.6) is 5.75 Å². The van der Waals surface area contributed by atoms with E-state index < -0.39 is 6.10 Å². The van der Waals surface area contributed by atoms with Crippen LogP contribution in [0.25, 0.3) is 0 Å². The lowest BCUT2D eigenvalue weighted by Gasteiger charge is -2.22. The Morgan fingerprint density at radius 3 is 2.67 bits per heavy atom. The van der Waals surface area contributed by atoms with Gasteiger partial charge in [-0.2, -0.15) is 0 Å². The first-order valence-corrected chi connectivity index (χ1v) is 7.69. The number of methoxy groups -OCH3 is 1. The quantitative estimate of drug-likeness (QED) is 0.854. The van der Waals surface area contributed by atoms with Gasteiger partial charge in [0.2, 0.25) is 0 Å². The summed E-state index contributed by atoms with van der Waals surface area (Å²) in [5.41, 5.74) is 2.00. The maximum absolute atomic E-state index is 10.3. The van der Waals surface area contributed by atoms with Crippen LogP contribution in [0.3, 0.4) is 0 Å². The number of hydrogen-bond donors (Lipinski definition) is 1. The Hall–Kier alpha value is -1.52. The van der Waals surface area contributed by atoms with Crippen LogP contribution < -0.4 is 9.64 Å². The highest BCUT2D eigenvalue weighted by Gasteiger charge is 2.12. The molecular formula is C17H20BrNO2. The van der Waals surface area contributed by atoms with Crippen molar-refractivity contribution in [1.29, 1.82) is 0 Å². The van der Waals surface area contributed by atoms with Crippen LogP contribution in [0.2, 0.25) is 0 Å².